The van der Waals surface area contributed by atoms with Gasteiger partial charge in [-0.2, -0.15) is 18.4 Å². The van der Waals surface area contributed by atoms with Crippen molar-refractivity contribution in [2.24, 2.45) is 5.92 Å². The van der Waals surface area contributed by atoms with Gasteiger partial charge in [0.25, 0.3) is 0 Å². The number of aromatic nitrogens is 2. The molecule has 1 fully saturated rings. The first-order chi connectivity index (χ1) is 9.45. The second-order valence-electron chi connectivity index (χ2n) is 4.53. The Morgan fingerprint density at radius 1 is 1.50 bits per heavy atom. The van der Waals surface area contributed by atoms with Gasteiger partial charge in [0.2, 0.25) is 0 Å². The summed E-state index contributed by atoms with van der Waals surface area (Å²) in [5.41, 5.74) is 0.214. The Balaban J connectivity index is 2.29. The average Bonchev–Trinajstić information content (AvgIpc) is 2.45. The SMILES string of the molecule is CSc1ncc(C#N)c(N2CCCC(C(F)(F)F)C2)n1. The number of hydrogen-bond acceptors (Lipinski definition) is 5. The first kappa shape index (κ1) is 14.9. The lowest BCUT2D eigenvalue weighted by Gasteiger charge is -2.34. The van der Waals surface area contributed by atoms with Crippen LogP contribution in [-0.2, 0) is 0 Å². The topological polar surface area (TPSA) is 52.8 Å². The Hall–Kier alpha value is -1.49. The third-order valence-corrected chi connectivity index (χ3v) is 3.80. The summed E-state index contributed by atoms with van der Waals surface area (Å²) in [5, 5.41) is 9.50. The second kappa shape index (κ2) is 5.87. The minimum Gasteiger partial charge on any atom is -0.355 e. The highest BCUT2D eigenvalue weighted by atomic mass is 32.2. The molecule has 8 heteroatoms. The van der Waals surface area contributed by atoms with Gasteiger partial charge in [-0.05, 0) is 19.1 Å². The standard InChI is InChI=1S/C12H13F3N4S/c1-20-11-17-6-8(5-16)10(18-11)19-4-2-3-9(7-19)12(13,14)15/h6,9H,2-4,7H2,1H3. The first-order valence-electron chi connectivity index (χ1n) is 6.08. The van der Waals surface area contributed by atoms with Crippen molar-refractivity contribution in [2.75, 3.05) is 24.2 Å². The van der Waals surface area contributed by atoms with E-state index >= 15 is 0 Å². The van der Waals surface area contributed by atoms with E-state index in [1.54, 1.807) is 11.2 Å². The summed E-state index contributed by atoms with van der Waals surface area (Å²) < 4.78 is 38.5. The van der Waals surface area contributed by atoms with Gasteiger partial charge in [0, 0.05) is 13.1 Å². The Morgan fingerprint density at radius 2 is 2.25 bits per heavy atom. The predicted molar refractivity (Wildman–Crippen MR) is 69.5 cm³/mol. The minimum atomic E-state index is -4.21. The number of thioether (sulfide) groups is 1. The van der Waals surface area contributed by atoms with E-state index < -0.39 is 12.1 Å². The van der Waals surface area contributed by atoms with Crippen LogP contribution in [0.1, 0.15) is 18.4 Å². The van der Waals surface area contributed by atoms with Crippen LogP contribution in [0.15, 0.2) is 11.4 Å². The molecule has 4 nitrogen and oxygen atoms in total. The minimum absolute atomic E-state index is 0.127. The van der Waals surface area contributed by atoms with Gasteiger partial charge >= 0.3 is 6.18 Å². The molecule has 0 amide bonds. The van der Waals surface area contributed by atoms with Crippen LogP contribution in [0.2, 0.25) is 0 Å². The lowest BCUT2D eigenvalue weighted by atomic mass is 9.97. The molecular formula is C12H13F3N4S. The Kier molecular flexibility index (Phi) is 4.38. The number of nitriles is 1. The smallest absolute Gasteiger partial charge is 0.355 e. The third kappa shape index (κ3) is 3.15. The van der Waals surface area contributed by atoms with Crippen LogP contribution in [0.3, 0.4) is 0 Å². The molecule has 0 bridgehead atoms. The van der Waals surface area contributed by atoms with E-state index in [0.29, 0.717) is 23.9 Å². The zero-order valence-electron chi connectivity index (χ0n) is 10.8. The zero-order valence-corrected chi connectivity index (χ0v) is 11.6. The fourth-order valence-electron chi connectivity index (χ4n) is 2.21. The van der Waals surface area contributed by atoms with E-state index in [9.17, 15) is 13.2 Å². The lowest BCUT2D eigenvalue weighted by molar-refractivity contribution is -0.176. The van der Waals surface area contributed by atoms with Gasteiger partial charge in [0.1, 0.15) is 11.6 Å². The second-order valence-corrected chi connectivity index (χ2v) is 5.31. The molecule has 1 aliphatic heterocycles. The van der Waals surface area contributed by atoms with Crippen LogP contribution in [0.5, 0.6) is 0 Å². The molecule has 1 aliphatic rings. The molecule has 1 saturated heterocycles. The number of rotatable bonds is 2. The van der Waals surface area contributed by atoms with Gasteiger partial charge in [-0.25, -0.2) is 9.97 Å². The van der Waals surface area contributed by atoms with Crippen LogP contribution in [0, 0.1) is 17.2 Å². The van der Waals surface area contributed by atoms with Crippen molar-refractivity contribution in [3.8, 4) is 6.07 Å². The highest BCUT2D eigenvalue weighted by molar-refractivity contribution is 7.98. The maximum Gasteiger partial charge on any atom is 0.393 e. The molecule has 1 aromatic heterocycles. The predicted octanol–water partition coefficient (Wildman–Crippen LogP) is 2.85. The Morgan fingerprint density at radius 3 is 2.85 bits per heavy atom. The van der Waals surface area contributed by atoms with Crippen molar-refractivity contribution in [3.63, 3.8) is 0 Å². The summed E-state index contributed by atoms with van der Waals surface area (Å²) in [6.45, 7) is 0.328. The van der Waals surface area contributed by atoms with Crippen LogP contribution in [0.4, 0.5) is 19.0 Å². The highest BCUT2D eigenvalue weighted by Crippen LogP contribution is 2.35. The largest absolute Gasteiger partial charge is 0.393 e. The van der Waals surface area contributed by atoms with Crippen LogP contribution in [0.25, 0.3) is 0 Å². The van der Waals surface area contributed by atoms with E-state index in [-0.39, 0.29) is 18.5 Å². The summed E-state index contributed by atoms with van der Waals surface area (Å²) in [6.07, 6.45) is -0.498. The zero-order chi connectivity index (χ0) is 14.8. The van der Waals surface area contributed by atoms with E-state index in [2.05, 4.69) is 9.97 Å². The summed E-state index contributed by atoms with van der Waals surface area (Å²) in [5.74, 6) is -1.06. The van der Waals surface area contributed by atoms with Crippen molar-refractivity contribution in [1.29, 1.82) is 5.26 Å². The average molecular weight is 302 g/mol. The van der Waals surface area contributed by atoms with E-state index in [4.69, 9.17) is 5.26 Å². The molecule has 2 rings (SSSR count). The van der Waals surface area contributed by atoms with Gasteiger partial charge < -0.3 is 4.90 Å². The molecule has 2 heterocycles. The lowest BCUT2D eigenvalue weighted by Crippen LogP contribution is -2.42. The maximum absolute atomic E-state index is 12.8. The van der Waals surface area contributed by atoms with Crippen LogP contribution in [-0.4, -0.2) is 35.5 Å². The van der Waals surface area contributed by atoms with Crippen LogP contribution < -0.4 is 4.90 Å². The van der Waals surface area contributed by atoms with Crippen molar-refractivity contribution in [2.45, 2.75) is 24.2 Å². The number of halogens is 3. The first-order valence-corrected chi connectivity index (χ1v) is 7.31. The monoisotopic (exact) mass is 302 g/mol. The summed E-state index contributed by atoms with van der Waals surface area (Å²) in [6, 6.07) is 1.94. The van der Waals surface area contributed by atoms with Crippen molar-refractivity contribution in [3.05, 3.63) is 11.8 Å². The molecule has 20 heavy (non-hydrogen) atoms. The number of anilines is 1. The summed E-state index contributed by atoms with van der Waals surface area (Å²) in [7, 11) is 0. The van der Waals surface area contributed by atoms with Gasteiger partial charge in [0.05, 0.1) is 12.1 Å². The fourth-order valence-corrected chi connectivity index (χ4v) is 2.55. The molecule has 0 spiro atoms. The molecule has 0 N–H and O–H groups in total. The van der Waals surface area contributed by atoms with E-state index in [1.807, 2.05) is 6.07 Å². The molecule has 0 radical (unpaired) electrons. The molecule has 1 unspecified atom stereocenters. The number of piperidine rings is 1. The molecular weight excluding hydrogens is 289 g/mol. The van der Waals surface area contributed by atoms with Gasteiger partial charge in [0.15, 0.2) is 11.0 Å². The summed E-state index contributed by atoms with van der Waals surface area (Å²) in [4.78, 5) is 9.71. The quantitative estimate of drug-likeness (QED) is 0.621. The van der Waals surface area contributed by atoms with E-state index in [1.165, 1.54) is 18.0 Å². The Bertz CT molecular complexity index is 526. The number of hydrogen-bond donors (Lipinski definition) is 0. The molecule has 108 valence electrons. The maximum atomic E-state index is 12.8. The van der Waals surface area contributed by atoms with Gasteiger partial charge in [-0.15, -0.1) is 0 Å². The fraction of sp³-hybridized carbons (Fsp3) is 0.583. The molecule has 0 aliphatic carbocycles. The number of alkyl halides is 3. The van der Waals surface area contributed by atoms with Crippen molar-refractivity contribution >= 4 is 17.6 Å². The number of nitrogens with zero attached hydrogens (tertiary/aromatic N) is 4. The highest BCUT2D eigenvalue weighted by Gasteiger charge is 2.42. The van der Waals surface area contributed by atoms with Crippen molar-refractivity contribution < 1.29 is 13.2 Å². The molecule has 1 atom stereocenters. The van der Waals surface area contributed by atoms with Crippen LogP contribution >= 0.6 is 11.8 Å². The van der Waals surface area contributed by atoms with E-state index in [0.717, 1.165) is 0 Å². The van der Waals surface area contributed by atoms with Gasteiger partial charge in [-0.1, -0.05) is 11.8 Å². The molecule has 0 saturated carbocycles. The Labute approximate surface area is 119 Å². The molecule has 0 aromatic carbocycles. The van der Waals surface area contributed by atoms with Crippen molar-refractivity contribution in [1.82, 2.24) is 9.97 Å². The molecule has 1 aromatic rings. The van der Waals surface area contributed by atoms with Gasteiger partial charge in [-0.3, -0.25) is 0 Å². The normalized spacial score (nSPS) is 19.8. The summed E-state index contributed by atoms with van der Waals surface area (Å²) >= 11 is 1.29. The third-order valence-electron chi connectivity index (χ3n) is 3.23.